The summed E-state index contributed by atoms with van der Waals surface area (Å²) >= 11 is 0. The summed E-state index contributed by atoms with van der Waals surface area (Å²) in [6.45, 7) is 2.76. The van der Waals surface area contributed by atoms with Gasteiger partial charge in [0.15, 0.2) is 0 Å². The quantitative estimate of drug-likeness (QED) is 0.832. The van der Waals surface area contributed by atoms with Gasteiger partial charge in [0.25, 0.3) is 0 Å². The SMILES string of the molecule is CCCNc1ccccc1S(=O)(=O)NC1CCS(=O)CC1. The van der Waals surface area contributed by atoms with E-state index in [4.69, 9.17) is 0 Å². The summed E-state index contributed by atoms with van der Waals surface area (Å²) in [5.41, 5.74) is 0.631. The first-order valence-electron chi connectivity index (χ1n) is 7.23. The highest BCUT2D eigenvalue weighted by molar-refractivity contribution is 7.89. The predicted molar refractivity (Wildman–Crippen MR) is 86.4 cm³/mol. The van der Waals surface area contributed by atoms with E-state index in [1.807, 2.05) is 13.0 Å². The van der Waals surface area contributed by atoms with Crippen LogP contribution in [-0.2, 0) is 20.8 Å². The molecule has 2 rings (SSSR count). The minimum Gasteiger partial charge on any atom is -0.384 e. The van der Waals surface area contributed by atoms with Crippen molar-refractivity contribution >= 4 is 26.5 Å². The van der Waals surface area contributed by atoms with Crippen molar-refractivity contribution in [2.45, 2.75) is 37.1 Å². The van der Waals surface area contributed by atoms with Crippen molar-refractivity contribution in [3.05, 3.63) is 24.3 Å². The van der Waals surface area contributed by atoms with Gasteiger partial charge in [0.2, 0.25) is 10.0 Å². The number of hydrogen-bond acceptors (Lipinski definition) is 4. The molecule has 118 valence electrons. The van der Waals surface area contributed by atoms with Gasteiger partial charge in [0, 0.05) is 34.9 Å². The second-order valence-electron chi connectivity index (χ2n) is 5.17. The van der Waals surface area contributed by atoms with Crippen LogP contribution in [0.5, 0.6) is 0 Å². The molecule has 1 saturated heterocycles. The van der Waals surface area contributed by atoms with Crippen molar-refractivity contribution < 1.29 is 12.6 Å². The van der Waals surface area contributed by atoms with E-state index >= 15 is 0 Å². The summed E-state index contributed by atoms with van der Waals surface area (Å²) in [4.78, 5) is 0.283. The number of para-hydroxylation sites is 1. The fourth-order valence-corrected chi connectivity index (χ4v) is 5.09. The third-order valence-electron chi connectivity index (χ3n) is 3.45. The Labute approximate surface area is 129 Å². The van der Waals surface area contributed by atoms with E-state index in [1.54, 1.807) is 18.2 Å². The van der Waals surface area contributed by atoms with Gasteiger partial charge >= 0.3 is 0 Å². The number of benzene rings is 1. The lowest BCUT2D eigenvalue weighted by molar-refractivity contribution is 0.522. The first kappa shape index (κ1) is 16.5. The highest BCUT2D eigenvalue weighted by Crippen LogP contribution is 2.22. The van der Waals surface area contributed by atoms with Crippen molar-refractivity contribution in [2.75, 3.05) is 23.4 Å². The monoisotopic (exact) mass is 330 g/mol. The average molecular weight is 330 g/mol. The van der Waals surface area contributed by atoms with Crippen molar-refractivity contribution in [1.82, 2.24) is 4.72 Å². The van der Waals surface area contributed by atoms with Crippen LogP contribution >= 0.6 is 0 Å². The van der Waals surface area contributed by atoms with Crippen LogP contribution in [0, 0.1) is 0 Å². The number of anilines is 1. The molecule has 0 saturated carbocycles. The molecule has 1 aliphatic rings. The zero-order valence-corrected chi connectivity index (χ0v) is 13.8. The average Bonchev–Trinajstić information content (AvgIpc) is 2.47. The Morgan fingerprint density at radius 3 is 2.57 bits per heavy atom. The van der Waals surface area contributed by atoms with Gasteiger partial charge in [0.05, 0.1) is 5.69 Å². The van der Waals surface area contributed by atoms with Crippen LogP contribution in [0.2, 0.25) is 0 Å². The highest BCUT2D eigenvalue weighted by Gasteiger charge is 2.25. The zero-order chi connectivity index (χ0) is 15.3. The van der Waals surface area contributed by atoms with E-state index in [2.05, 4.69) is 10.0 Å². The maximum Gasteiger partial charge on any atom is 0.242 e. The summed E-state index contributed by atoms with van der Waals surface area (Å²) in [6.07, 6.45) is 2.20. The molecule has 0 unspecified atom stereocenters. The molecular weight excluding hydrogens is 308 g/mol. The maximum atomic E-state index is 12.5. The van der Waals surface area contributed by atoms with Gasteiger partial charge in [-0.1, -0.05) is 19.1 Å². The van der Waals surface area contributed by atoms with Crippen LogP contribution in [-0.4, -0.2) is 36.7 Å². The van der Waals surface area contributed by atoms with E-state index in [0.29, 0.717) is 30.0 Å². The zero-order valence-electron chi connectivity index (χ0n) is 12.2. The molecule has 0 amide bonds. The van der Waals surface area contributed by atoms with E-state index in [9.17, 15) is 12.6 Å². The van der Waals surface area contributed by atoms with Gasteiger partial charge in [-0.2, -0.15) is 0 Å². The van der Waals surface area contributed by atoms with Gasteiger partial charge in [-0.15, -0.1) is 0 Å². The molecule has 1 heterocycles. The molecule has 1 aromatic rings. The van der Waals surface area contributed by atoms with Crippen molar-refractivity contribution in [1.29, 1.82) is 0 Å². The molecule has 0 atom stereocenters. The predicted octanol–water partition coefficient (Wildman–Crippen LogP) is 1.70. The molecule has 7 heteroatoms. The second-order valence-corrected chi connectivity index (χ2v) is 8.55. The van der Waals surface area contributed by atoms with Crippen molar-refractivity contribution in [3.8, 4) is 0 Å². The van der Waals surface area contributed by atoms with Gasteiger partial charge in [-0.3, -0.25) is 4.21 Å². The molecule has 5 nitrogen and oxygen atoms in total. The summed E-state index contributed by atoms with van der Waals surface area (Å²) in [6, 6.07) is 6.82. The molecule has 1 fully saturated rings. The Kier molecular flexibility index (Phi) is 5.78. The molecule has 21 heavy (non-hydrogen) atoms. The molecule has 0 spiro atoms. The maximum absolute atomic E-state index is 12.5. The topological polar surface area (TPSA) is 75.3 Å². The Morgan fingerprint density at radius 1 is 1.24 bits per heavy atom. The Morgan fingerprint density at radius 2 is 1.90 bits per heavy atom. The third kappa shape index (κ3) is 4.52. The third-order valence-corrected chi connectivity index (χ3v) is 6.41. The minimum absolute atomic E-state index is 0.119. The Hall–Kier alpha value is -0.920. The normalized spacial score (nSPS) is 22.9. The van der Waals surface area contributed by atoms with Crippen LogP contribution in [0.3, 0.4) is 0 Å². The van der Waals surface area contributed by atoms with Crippen LogP contribution in [0.15, 0.2) is 29.2 Å². The number of rotatable bonds is 6. The van der Waals surface area contributed by atoms with Crippen molar-refractivity contribution in [3.63, 3.8) is 0 Å². The van der Waals surface area contributed by atoms with Crippen molar-refractivity contribution in [2.24, 2.45) is 0 Å². The number of hydrogen-bond donors (Lipinski definition) is 2. The van der Waals surface area contributed by atoms with Crippen LogP contribution in [0.1, 0.15) is 26.2 Å². The van der Waals surface area contributed by atoms with E-state index in [0.717, 1.165) is 13.0 Å². The molecule has 1 aliphatic heterocycles. The lowest BCUT2D eigenvalue weighted by Gasteiger charge is -2.23. The van der Waals surface area contributed by atoms with Gasteiger partial charge < -0.3 is 5.32 Å². The molecule has 2 N–H and O–H groups in total. The summed E-state index contributed by atoms with van der Waals surface area (Å²) < 4.78 is 39.2. The van der Waals surface area contributed by atoms with Crippen LogP contribution < -0.4 is 10.0 Å². The van der Waals surface area contributed by atoms with Gasteiger partial charge in [-0.25, -0.2) is 13.1 Å². The lowest BCUT2D eigenvalue weighted by atomic mass is 10.2. The highest BCUT2D eigenvalue weighted by atomic mass is 32.2. The Balaban J connectivity index is 2.13. The van der Waals surface area contributed by atoms with E-state index in [-0.39, 0.29) is 10.9 Å². The minimum atomic E-state index is -3.55. The standard InChI is InChI=1S/C14H22N2O3S2/c1-2-9-15-13-5-3-4-6-14(13)21(18,19)16-12-7-10-20(17)11-8-12/h3-6,12,15-16H,2,7-11H2,1H3. The van der Waals surface area contributed by atoms with Crippen LogP contribution in [0.25, 0.3) is 0 Å². The first-order chi connectivity index (χ1) is 10.0. The van der Waals surface area contributed by atoms with Gasteiger partial charge in [0.1, 0.15) is 4.90 Å². The molecule has 0 aromatic heterocycles. The van der Waals surface area contributed by atoms with Gasteiger partial charge in [-0.05, 0) is 31.4 Å². The fraction of sp³-hybridized carbons (Fsp3) is 0.571. The summed E-state index contributed by atoms with van der Waals surface area (Å²) in [5, 5.41) is 3.15. The molecular formula is C14H22N2O3S2. The molecule has 0 radical (unpaired) electrons. The summed E-state index contributed by atoms with van der Waals surface area (Å²) in [7, 11) is -4.34. The first-order valence-corrected chi connectivity index (χ1v) is 10.2. The number of sulfonamides is 1. The Bertz CT molecular complexity index is 592. The second kappa shape index (κ2) is 7.38. The van der Waals surface area contributed by atoms with Crippen LogP contribution in [0.4, 0.5) is 5.69 Å². The molecule has 0 bridgehead atoms. The molecule has 0 aliphatic carbocycles. The fourth-order valence-electron chi connectivity index (χ4n) is 2.30. The number of nitrogens with one attached hydrogen (secondary N) is 2. The smallest absolute Gasteiger partial charge is 0.242 e. The lowest BCUT2D eigenvalue weighted by Crippen LogP contribution is -2.39. The van der Waals surface area contributed by atoms with E-state index in [1.165, 1.54) is 0 Å². The largest absolute Gasteiger partial charge is 0.384 e. The van der Waals surface area contributed by atoms with E-state index < -0.39 is 20.8 Å². The molecule has 1 aromatic carbocycles. The summed E-state index contributed by atoms with van der Waals surface area (Å²) in [5.74, 6) is 1.14.